The van der Waals surface area contributed by atoms with E-state index in [0.29, 0.717) is 17.7 Å². The molecule has 1 fully saturated rings. The summed E-state index contributed by atoms with van der Waals surface area (Å²) in [7, 11) is 1.65. The van der Waals surface area contributed by atoms with Crippen molar-refractivity contribution in [1.82, 2.24) is 15.1 Å². The normalized spacial score (nSPS) is 19.4. The number of ether oxygens (including phenoxy) is 1. The molecule has 0 radical (unpaired) electrons. The van der Waals surface area contributed by atoms with Crippen LogP contribution < -0.4 is 9.64 Å². The summed E-state index contributed by atoms with van der Waals surface area (Å²) in [6, 6.07) is 7.89. The molecule has 1 aliphatic rings. The zero-order chi connectivity index (χ0) is 20.5. The van der Waals surface area contributed by atoms with Crippen LogP contribution >= 0.6 is 11.3 Å². The summed E-state index contributed by atoms with van der Waals surface area (Å²) in [4.78, 5) is 15.0. The van der Waals surface area contributed by atoms with Crippen LogP contribution in [0.2, 0.25) is 0 Å². The molecule has 1 aliphatic heterocycles. The maximum absolute atomic E-state index is 12.2. The number of hydrogen-bond acceptors (Lipinski definition) is 6. The number of hydrogen-bond donors (Lipinski definition) is 1. The quantitative estimate of drug-likeness (QED) is 0.763. The number of benzene rings is 1. The van der Waals surface area contributed by atoms with E-state index in [0.717, 1.165) is 17.2 Å². The van der Waals surface area contributed by atoms with Crippen molar-refractivity contribution in [2.75, 3.05) is 25.1 Å². The zero-order valence-corrected chi connectivity index (χ0v) is 17.9. The van der Waals surface area contributed by atoms with Gasteiger partial charge < -0.3 is 14.7 Å². The first-order valence-corrected chi connectivity index (χ1v) is 10.4. The highest BCUT2D eigenvalue weighted by Gasteiger charge is 2.39. The van der Waals surface area contributed by atoms with Gasteiger partial charge in [0.2, 0.25) is 5.13 Å². The van der Waals surface area contributed by atoms with Gasteiger partial charge in [-0.2, -0.15) is 0 Å². The predicted molar refractivity (Wildman–Crippen MR) is 110 cm³/mol. The van der Waals surface area contributed by atoms with Gasteiger partial charge in [0.25, 0.3) is 0 Å². The molecule has 2 amide bonds. The molecule has 8 heteroatoms. The van der Waals surface area contributed by atoms with Gasteiger partial charge in [0.15, 0.2) is 6.23 Å². The molecular weight excluding hydrogens is 376 g/mol. The molecule has 2 heterocycles. The number of aromatic nitrogens is 2. The number of carbonyl (C=O) groups is 1. The predicted octanol–water partition coefficient (Wildman–Crippen LogP) is 3.60. The molecule has 2 unspecified atom stereocenters. The highest BCUT2D eigenvalue weighted by molar-refractivity contribution is 7.15. The minimum Gasteiger partial charge on any atom is -0.493 e. The molecule has 3 rings (SSSR count). The number of anilines is 1. The van der Waals surface area contributed by atoms with E-state index < -0.39 is 6.23 Å². The Morgan fingerprint density at radius 2 is 2.00 bits per heavy atom. The van der Waals surface area contributed by atoms with Crippen LogP contribution in [0, 0.1) is 0 Å². The molecule has 0 aliphatic carbocycles. The molecule has 28 heavy (non-hydrogen) atoms. The minimum atomic E-state index is -0.901. The fourth-order valence-electron chi connectivity index (χ4n) is 2.99. The number of urea groups is 1. The summed E-state index contributed by atoms with van der Waals surface area (Å²) in [6.45, 7) is 9.20. The van der Waals surface area contributed by atoms with Crippen LogP contribution in [0.1, 0.15) is 50.6 Å². The molecule has 2 atom stereocenters. The van der Waals surface area contributed by atoms with Crippen molar-refractivity contribution in [3.05, 3.63) is 34.8 Å². The molecule has 0 bridgehead atoms. The Morgan fingerprint density at radius 1 is 1.32 bits per heavy atom. The van der Waals surface area contributed by atoms with Crippen LogP contribution in [0.3, 0.4) is 0 Å². The average Bonchev–Trinajstić information content (AvgIpc) is 3.25. The lowest BCUT2D eigenvalue weighted by atomic mass is 9.89. The Labute approximate surface area is 169 Å². The van der Waals surface area contributed by atoms with E-state index in [9.17, 15) is 9.90 Å². The first-order valence-electron chi connectivity index (χ1n) is 9.54. The number of carbonyl (C=O) groups excluding carboxylic acids is 1. The summed E-state index contributed by atoms with van der Waals surface area (Å²) < 4.78 is 6.05. The SMILES string of the molecule is CCC(C)(COc1ccc(C(C)C)cc1)c1nnc(N2C(=O)N(C)CC2O)s1. The van der Waals surface area contributed by atoms with Gasteiger partial charge in [0, 0.05) is 7.05 Å². The Balaban J connectivity index is 1.73. The van der Waals surface area contributed by atoms with Crippen molar-refractivity contribution in [2.24, 2.45) is 0 Å². The topological polar surface area (TPSA) is 78.8 Å². The second kappa shape index (κ2) is 8.05. The van der Waals surface area contributed by atoms with Crippen molar-refractivity contribution in [3.63, 3.8) is 0 Å². The van der Waals surface area contributed by atoms with Crippen molar-refractivity contribution in [2.45, 2.75) is 51.7 Å². The van der Waals surface area contributed by atoms with Crippen molar-refractivity contribution < 1.29 is 14.6 Å². The number of β-amino-alcohol motifs (C(OH)–C–C–N with tert-alkyl or cyclic N) is 1. The number of aliphatic hydroxyl groups excluding tert-OH is 1. The van der Waals surface area contributed by atoms with Gasteiger partial charge in [-0.1, -0.05) is 44.2 Å². The molecular formula is C20H28N4O3S. The molecule has 7 nitrogen and oxygen atoms in total. The standard InChI is InChI=1S/C20H28N4O3S/c1-6-20(4,12-27-15-9-7-14(8-10-15)13(2)3)17-21-22-18(28-17)24-16(25)11-23(5)19(24)26/h7-10,13,16,25H,6,11-12H2,1-5H3. The van der Waals surface area contributed by atoms with E-state index in [1.165, 1.54) is 26.7 Å². The van der Waals surface area contributed by atoms with Crippen LogP contribution in [-0.4, -0.2) is 52.7 Å². The number of aliphatic hydroxyl groups is 1. The fourth-order valence-corrected chi connectivity index (χ4v) is 4.07. The molecule has 1 aromatic heterocycles. The van der Waals surface area contributed by atoms with Gasteiger partial charge in [-0.3, -0.25) is 0 Å². The Morgan fingerprint density at radius 3 is 2.54 bits per heavy atom. The van der Waals surface area contributed by atoms with E-state index in [4.69, 9.17) is 4.74 Å². The maximum Gasteiger partial charge on any atom is 0.328 e. The average molecular weight is 405 g/mol. The third-order valence-electron chi connectivity index (χ3n) is 5.29. The number of nitrogens with zero attached hydrogens (tertiary/aromatic N) is 4. The molecule has 1 saturated heterocycles. The van der Waals surface area contributed by atoms with Crippen LogP contribution in [0.5, 0.6) is 5.75 Å². The lowest BCUT2D eigenvalue weighted by Gasteiger charge is -2.25. The van der Waals surface area contributed by atoms with Crippen molar-refractivity contribution >= 4 is 22.5 Å². The molecule has 152 valence electrons. The fraction of sp³-hybridized carbons (Fsp3) is 0.550. The molecule has 0 spiro atoms. The minimum absolute atomic E-state index is 0.258. The Hall–Kier alpha value is -2.19. The lowest BCUT2D eigenvalue weighted by molar-refractivity contribution is 0.183. The first kappa shape index (κ1) is 20.5. The van der Waals surface area contributed by atoms with Gasteiger partial charge in [-0.25, -0.2) is 9.69 Å². The molecule has 0 saturated carbocycles. The summed E-state index contributed by atoms with van der Waals surface area (Å²) in [5, 5.41) is 19.8. The highest BCUT2D eigenvalue weighted by Crippen LogP contribution is 2.35. The number of amides is 2. The Kier molecular flexibility index (Phi) is 5.90. The van der Waals surface area contributed by atoms with Gasteiger partial charge in [0.05, 0.1) is 18.6 Å². The van der Waals surface area contributed by atoms with Gasteiger partial charge in [-0.15, -0.1) is 10.2 Å². The van der Waals surface area contributed by atoms with Crippen molar-refractivity contribution in [3.8, 4) is 5.75 Å². The van der Waals surface area contributed by atoms with Crippen molar-refractivity contribution in [1.29, 1.82) is 0 Å². The zero-order valence-electron chi connectivity index (χ0n) is 17.0. The third-order valence-corrected chi connectivity index (χ3v) is 6.52. The molecule has 1 N–H and O–H groups in total. The van der Waals surface area contributed by atoms with E-state index >= 15 is 0 Å². The van der Waals surface area contributed by atoms with E-state index in [1.54, 1.807) is 7.05 Å². The first-order chi connectivity index (χ1) is 13.2. The summed E-state index contributed by atoms with van der Waals surface area (Å²) in [5.41, 5.74) is 0.935. The van der Waals surface area contributed by atoms with E-state index in [1.807, 2.05) is 12.1 Å². The second-order valence-corrected chi connectivity index (χ2v) is 8.79. The molecule has 2 aromatic rings. The largest absolute Gasteiger partial charge is 0.493 e. The van der Waals surface area contributed by atoms with Gasteiger partial charge in [0.1, 0.15) is 10.8 Å². The smallest absolute Gasteiger partial charge is 0.328 e. The van der Waals surface area contributed by atoms with E-state index in [2.05, 4.69) is 50.0 Å². The van der Waals surface area contributed by atoms with Crippen LogP contribution in [0.15, 0.2) is 24.3 Å². The van der Waals surface area contributed by atoms with Crippen LogP contribution in [0.25, 0.3) is 0 Å². The van der Waals surface area contributed by atoms with Gasteiger partial charge in [-0.05, 0) is 37.0 Å². The number of rotatable bonds is 7. The monoisotopic (exact) mass is 404 g/mol. The van der Waals surface area contributed by atoms with Gasteiger partial charge >= 0.3 is 6.03 Å². The Bertz CT molecular complexity index is 823. The summed E-state index contributed by atoms with van der Waals surface area (Å²) in [5.74, 6) is 1.30. The maximum atomic E-state index is 12.2. The summed E-state index contributed by atoms with van der Waals surface area (Å²) >= 11 is 1.33. The summed E-state index contributed by atoms with van der Waals surface area (Å²) in [6.07, 6.45) is -0.0934. The highest BCUT2D eigenvalue weighted by atomic mass is 32.1. The van der Waals surface area contributed by atoms with Crippen LogP contribution in [-0.2, 0) is 5.41 Å². The van der Waals surface area contributed by atoms with Crippen LogP contribution in [0.4, 0.5) is 9.93 Å². The molecule has 1 aromatic carbocycles. The lowest BCUT2D eigenvalue weighted by Crippen LogP contribution is -2.34. The van der Waals surface area contributed by atoms with E-state index in [-0.39, 0.29) is 18.0 Å². The number of likely N-dealkylation sites (N-methyl/N-ethyl adjacent to an activating group) is 1. The third kappa shape index (κ3) is 3.98. The second-order valence-electron chi connectivity index (χ2n) is 7.83.